The molecule has 2 aliphatic heterocycles. The Bertz CT molecular complexity index is 647. The molecule has 0 saturated carbocycles. The second-order valence-electron chi connectivity index (χ2n) is 6.77. The highest BCUT2D eigenvalue weighted by molar-refractivity contribution is 6.42. The molecule has 7 heteroatoms. The first-order chi connectivity index (χ1) is 12.0. The molecule has 0 aliphatic carbocycles. The van der Waals surface area contributed by atoms with Gasteiger partial charge in [0.15, 0.2) is 0 Å². The predicted octanol–water partition coefficient (Wildman–Crippen LogP) is 2.71. The fraction of sp³-hybridized carbons (Fsp3) is 0.556. The molecule has 2 fully saturated rings. The molecule has 25 heavy (non-hydrogen) atoms. The van der Waals surface area contributed by atoms with E-state index in [2.05, 4.69) is 10.6 Å². The number of amides is 2. The Kier molecular flexibility index (Phi) is 6.20. The molecule has 1 aromatic carbocycles. The lowest BCUT2D eigenvalue weighted by molar-refractivity contribution is -0.127. The maximum Gasteiger partial charge on any atom is 0.253 e. The van der Waals surface area contributed by atoms with Crippen molar-refractivity contribution in [1.82, 2.24) is 15.5 Å². The lowest BCUT2D eigenvalue weighted by Gasteiger charge is -2.33. The van der Waals surface area contributed by atoms with Crippen LogP contribution in [0.2, 0.25) is 10.0 Å². The molecule has 136 valence electrons. The van der Waals surface area contributed by atoms with E-state index in [1.807, 2.05) is 0 Å². The van der Waals surface area contributed by atoms with Crippen LogP contribution in [0.15, 0.2) is 18.2 Å². The zero-order valence-electron chi connectivity index (χ0n) is 14.1. The standard InChI is InChI=1S/C18H23Cl2N3O2/c19-15-6-5-12(9-16(15)20)18(25)23-8-2-3-13(11-23)17(24)22-14-4-1-7-21-10-14/h5-6,9,13-14,21H,1-4,7-8,10-11H2,(H,22,24)/t13?,14-/m0/s1. The molecule has 2 N–H and O–H groups in total. The first kappa shape index (κ1) is 18.5. The van der Waals surface area contributed by atoms with Crippen molar-refractivity contribution >= 4 is 35.0 Å². The van der Waals surface area contributed by atoms with Gasteiger partial charge in [-0.15, -0.1) is 0 Å². The summed E-state index contributed by atoms with van der Waals surface area (Å²) in [5.41, 5.74) is 0.506. The van der Waals surface area contributed by atoms with Gasteiger partial charge in [0.25, 0.3) is 5.91 Å². The monoisotopic (exact) mass is 383 g/mol. The number of nitrogens with one attached hydrogen (secondary N) is 2. The van der Waals surface area contributed by atoms with Crippen LogP contribution in [-0.2, 0) is 4.79 Å². The van der Waals surface area contributed by atoms with Crippen molar-refractivity contribution < 1.29 is 9.59 Å². The number of piperidine rings is 2. The number of hydrogen-bond donors (Lipinski definition) is 2. The van der Waals surface area contributed by atoms with E-state index in [-0.39, 0.29) is 23.8 Å². The summed E-state index contributed by atoms with van der Waals surface area (Å²) in [7, 11) is 0. The Hall–Kier alpha value is -1.30. The minimum absolute atomic E-state index is 0.0559. The molecule has 5 nitrogen and oxygen atoms in total. The molecule has 2 amide bonds. The van der Waals surface area contributed by atoms with E-state index >= 15 is 0 Å². The van der Waals surface area contributed by atoms with Gasteiger partial charge in [0.2, 0.25) is 5.91 Å². The van der Waals surface area contributed by atoms with Gasteiger partial charge in [0, 0.05) is 31.2 Å². The number of nitrogens with zero attached hydrogens (tertiary/aromatic N) is 1. The molecule has 3 rings (SSSR count). The number of hydrogen-bond acceptors (Lipinski definition) is 3. The summed E-state index contributed by atoms with van der Waals surface area (Å²) < 4.78 is 0. The largest absolute Gasteiger partial charge is 0.352 e. The third-order valence-electron chi connectivity index (χ3n) is 4.89. The van der Waals surface area contributed by atoms with Gasteiger partial charge < -0.3 is 15.5 Å². The quantitative estimate of drug-likeness (QED) is 0.843. The van der Waals surface area contributed by atoms with Crippen LogP contribution in [0.3, 0.4) is 0 Å². The molecular weight excluding hydrogens is 361 g/mol. The molecule has 2 aliphatic rings. The van der Waals surface area contributed by atoms with E-state index in [0.29, 0.717) is 28.7 Å². The topological polar surface area (TPSA) is 61.4 Å². The molecule has 0 bridgehead atoms. The first-order valence-electron chi connectivity index (χ1n) is 8.80. The Morgan fingerprint density at radius 1 is 1.16 bits per heavy atom. The van der Waals surface area contributed by atoms with Gasteiger partial charge in [-0.25, -0.2) is 0 Å². The number of carbonyl (C=O) groups is 2. The molecule has 1 unspecified atom stereocenters. The molecule has 2 saturated heterocycles. The van der Waals surface area contributed by atoms with E-state index in [1.165, 1.54) is 0 Å². The first-order valence-corrected chi connectivity index (χ1v) is 9.55. The second-order valence-corrected chi connectivity index (χ2v) is 7.59. The van der Waals surface area contributed by atoms with Crippen LogP contribution in [0.1, 0.15) is 36.0 Å². The third-order valence-corrected chi connectivity index (χ3v) is 5.63. The van der Waals surface area contributed by atoms with Gasteiger partial charge in [-0.3, -0.25) is 9.59 Å². The number of halogens is 2. The highest BCUT2D eigenvalue weighted by Gasteiger charge is 2.30. The van der Waals surface area contributed by atoms with E-state index in [9.17, 15) is 9.59 Å². The van der Waals surface area contributed by atoms with Crippen molar-refractivity contribution in [2.75, 3.05) is 26.2 Å². The highest BCUT2D eigenvalue weighted by Crippen LogP contribution is 2.25. The normalized spacial score (nSPS) is 24.0. The van der Waals surface area contributed by atoms with Gasteiger partial charge in [0.05, 0.1) is 16.0 Å². The van der Waals surface area contributed by atoms with Crippen molar-refractivity contribution in [2.45, 2.75) is 31.7 Å². The second kappa shape index (κ2) is 8.39. The van der Waals surface area contributed by atoms with Crippen molar-refractivity contribution in [3.8, 4) is 0 Å². The fourth-order valence-electron chi connectivity index (χ4n) is 3.48. The third kappa shape index (κ3) is 4.66. The van der Waals surface area contributed by atoms with Gasteiger partial charge in [0.1, 0.15) is 0 Å². The SMILES string of the molecule is O=C(N[C@H]1CCCNC1)C1CCCN(C(=O)c2ccc(Cl)c(Cl)c2)C1. The number of rotatable bonds is 3. The van der Waals surface area contributed by atoms with E-state index in [4.69, 9.17) is 23.2 Å². The highest BCUT2D eigenvalue weighted by atomic mass is 35.5. The van der Waals surface area contributed by atoms with E-state index < -0.39 is 0 Å². The van der Waals surface area contributed by atoms with Crippen molar-refractivity contribution in [3.63, 3.8) is 0 Å². The molecule has 0 radical (unpaired) electrons. The van der Waals surface area contributed by atoms with Gasteiger partial charge in [-0.1, -0.05) is 23.2 Å². The Balaban J connectivity index is 1.60. The summed E-state index contributed by atoms with van der Waals surface area (Å²) >= 11 is 11.9. The summed E-state index contributed by atoms with van der Waals surface area (Å²) in [6.07, 6.45) is 3.74. The van der Waals surface area contributed by atoms with Crippen LogP contribution in [0.5, 0.6) is 0 Å². The maximum absolute atomic E-state index is 12.7. The molecular formula is C18H23Cl2N3O2. The Morgan fingerprint density at radius 3 is 2.72 bits per heavy atom. The van der Waals surface area contributed by atoms with Crippen LogP contribution in [0.4, 0.5) is 0 Å². The molecule has 2 atom stereocenters. The fourth-order valence-corrected chi connectivity index (χ4v) is 3.78. The lowest BCUT2D eigenvalue weighted by Crippen LogP contribution is -2.51. The average Bonchev–Trinajstić information content (AvgIpc) is 2.64. The van der Waals surface area contributed by atoms with Crippen LogP contribution in [0.25, 0.3) is 0 Å². The summed E-state index contributed by atoms with van der Waals surface area (Å²) in [4.78, 5) is 27.0. The zero-order chi connectivity index (χ0) is 17.8. The smallest absolute Gasteiger partial charge is 0.253 e. The van der Waals surface area contributed by atoms with Gasteiger partial charge in [-0.2, -0.15) is 0 Å². The number of likely N-dealkylation sites (tertiary alicyclic amines) is 1. The van der Waals surface area contributed by atoms with Crippen LogP contribution in [-0.4, -0.2) is 48.9 Å². The van der Waals surface area contributed by atoms with Crippen LogP contribution in [0, 0.1) is 5.92 Å². The van der Waals surface area contributed by atoms with E-state index in [0.717, 1.165) is 38.8 Å². The molecule has 0 aromatic heterocycles. The van der Waals surface area contributed by atoms with Crippen molar-refractivity contribution in [3.05, 3.63) is 33.8 Å². The van der Waals surface area contributed by atoms with Crippen molar-refractivity contribution in [2.24, 2.45) is 5.92 Å². The zero-order valence-corrected chi connectivity index (χ0v) is 15.6. The van der Waals surface area contributed by atoms with Crippen LogP contribution >= 0.6 is 23.2 Å². The molecule has 1 aromatic rings. The van der Waals surface area contributed by atoms with Gasteiger partial charge in [-0.05, 0) is 50.4 Å². The predicted molar refractivity (Wildman–Crippen MR) is 99.1 cm³/mol. The minimum Gasteiger partial charge on any atom is -0.352 e. The summed E-state index contributed by atoms with van der Waals surface area (Å²) in [6.45, 7) is 2.95. The summed E-state index contributed by atoms with van der Waals surface area (Å²) in [5, 5.41) is 7.22. The number of carbonyl (C=O) groups excluding carboxylic acids is 2. The van der Waals surface area contributed by atoms with E-state index in [1.54, 1.807) is 23.1 Å². The number of benzene rings is 1. The maximum atomic E-state index is 12.7. The minimum atomic E-state index is -0.151. The van der Waals surface area contributed by atoms with Crippen LogP contribution < -0.4 is 10.6 Å². The molecule has 0 spiro atoms. The Labute approximate surface area is 158 Å². The van der Waals surface area contributed by atoms with Crippen molar-refractivity contribution in [1.29, 1.82) is 0 Å². The summed E-state index contributed by atoms with van der Waals surface area (Å²) in [6, 6.07) is 5.08. The van der Waals surface area contributed by atoms with Gasteiger partial charge >= 0.3 is 0 Å². The summed E-state index contributed by atoms with van der Waals surface area (Å²) in [5.74, 6) is -0.196. The molecule has 2 heterocycles. The Morgan fingerprint density at radius 2 is 2.00 bits per heavy atom. The lowest BCUT2D eigenvalue weighted by atomic mass is 9.95. The average molecular weight is 384 g/mol.